The lowest BCUT2D eigenvalue weighted by Crippen LogP contribution is -2.45. The van der Waals surface area contributed by atoms with Crippen molar-refractivity contribution < 1.29 is 4.74 Å². The molecule has 104 valence electrons. The summed E-state index contributed by atoms with van der Waals surface area (Å²) in [6.45, 7) is 2.54. The molecule has 1 aliphatic heterocycles. The number of aryl methyl sites for hydroxylation is 1. The van der Waals surface area contributed by atoms with Gasteiger partial charge in [0.05, 0.1) is 7.11 Å². The fourth-order valence-corrected chi connectivity index (χ4v) is 3.72. The predicted octanol–water partition coefficient (Wildman–Crippen LogP) is 2.37. The van der Waals surface area contributed by atoms with Crippen LogP contribution in [0.4, 0.5) is 0 Å². The first-order valence-corrected chi connectivity index (χ1v) is 7.41. The maximum atomic E-state index is 5.34. The summed E-state index contributed by atoms with van der Waals surface area (Å²) in [5, 5.41) is 3.54. The van der Waals surface area contributed by atoms with Gasteiger partial charge in [0, 0.05) is 12.1 Å². The average molecular weight is 260 g/mol. The number of hydrogen-bond donors (Lipinski definition) is 1. The summed E-state index contributed by atoms with van der Waals surface area (Å²) in [5.74, 6) is 0.980. The molecule has 1 N–H and O–H groups in total. The molecule has 0 radical (unpaired) electrons. The first-order valence-electron chi connectivity index (χ1n) is 7.41. The van der Waals surface area contributed by atoms with Crippen molar-refractivity contribution >= 4 is 0 Å². The van der Waals surface area contributed by atoms with Gasteiger partial charge < -0.3 is 10.1 Å². The van der Waals surface area contributed by atoms with E-state index in [0.29, 0.717) is 12.1 Å². The maximum Gasteiger partial charge on any atom is 0.119 e. The van der Waals surface area contributed by atoms with Gasteiger partial charge in [-0.3, -0.25) is 4.90 Å². The van der Waals surface area contributed by atoms with E-state index < -0.39 is 0 Å². The van der Waals surface area contributed by atoms with E-state index in [1.807, 2.05) is 0 Å². The van der Waals surface area contributed by atoms with Gasteiger partial charge >= 0.3 is 0 Å². The molecule has 0 bridgehead atoms. The van der Waals surface area contributed by atoms with E-state index in [-0.39, 0.29) is 0 Å². The van der Waals surface area contributed by atoms with E-state index in [0.717, 1.165) is 5.75 Å². The Labute approximate surface area is 115 Å². The van der Waals surface area contributed by atoms with Crippen LogP contribution >= 0.6 is 0 Å². The number of likely N-dealkylation sites (tertiary alicyclic amines) is 1. The van der Waals surface area contributed by atoms with Crippen molar-refractivity contribution in [3.63, 3.8) is 0 Å². The summed E-state index contributed by atoms with van der Waals surface area (Å²) < 4.78 is 5.34. The number of benzene rings is 1. The molecule has 3 rings (SSSR count). The minimum atomic E-state index is 0.466. The van der Waals surface area contributed by atoms with Gasteiger partial charge in [0.1, 0.15) is 5.75 Å². The third-order valence-electron chi connectivity index (χ3n) is 4.70. The van der Waals surface area contributed by atoms with Crippen molar-refractivity contribution in [1.82, 2.24) is 10.2 Å². The summed E-state index contributed by atoms with van der Waals surface area (Å²) >= 11 is 0. The van der Waals surface area contributed by atoms with Crippen molar-refractivity contribution in [3.8, 4) is 5.75 Å². The lowest BCUT2D eigenvalue weighted by molar-refractivity contribution is 0.176. The van der Waals surface area contributed by atoms with E-state index >= 15 is 0 Å². The zero-order valence-electron chi connectivity index (χ0n) is 12.0. The van der Waals surface area contributed by atoms with Crippen LogP contribution in [0.5, 0.6) is 5.75 Å². The van der Waals surface area contributed by atoms with E-state index in [1.54, 1.807) is 7.11 Å². The molecule has 19 heavy (non-hydrogen) atoms. The second-order valence-corrected chi connectivity index (χ2v) is 5.68. The molecule has 0 aromatic heterocycles. The van der Waals surface area contributed by atoms with E-state index in [9.17, 15) is 0 Å². The molecule has 1 aromatic carbocycles. The fourth-order valence-electron chi connectivity index (χ4n) is 3.72. The Kier molecular flexibility index (Phi) is 3.76. The molecule has 3 heteroatoms. The first-order chi connectivity index (χ1) is 9.33. The summed E-state index contributed by atoms with van der Waals surface area (Å²) in [7, 11) is 3.83. The van der Waals surface area contributed by atoms with Crippen LogP contribution in [-0.2, 0) is 6.42 Å². The second-order valence-electron chi connectivity index (χ2n) is 5.68. The largest absolute Gasteiger partial charge is 0.497 e. The maximum absolute atomic E-state index is 5.34. The van der Waals surface area contributed by atoms with Crippen LogP contribution in [0.2, 0.25) is 0 Å². The van der Waals surface area contributed by atoms with Crippen LogP contribution in [0.1, 0.15) is 36.4 Å². The van der Waals surface area contributed by atoms with Gasteiger partial charge in [-0.15, -0.1) is 0 Å². The molecule has 1 aromatic rings. The van der Waals surface area contributed by atoms with Crippen LogP contribution in [0, 0.1) is 0 Å². The van der Waals surface area contributed by atoms with Gasteiger partial charge in [0.25, 0.3) is 0 Å². The molecule has 1 aliphatic carbocycles. The average Bonchev–Trinajstić information content (AvgIpc) is 2.99. The van der Waals surface area contributed by atoms with Gasteiger partial charge in [0.2, 0.25) is 0 Å². The normalized spacial score (nSPS) is 27.3. The molecule has 0 amide bonds. The van der Waals surface area contributed by atoms with Crippen molar-refractivity contribution in [3.05, 3.63) is 29.3 Å². The Morgan fingerprint density at radius 1 is 1.26 bits per heavy atom. The Bertz CT molecular complexity index is 440. The Morgan fingerprint density at radius 3 is 2.74 bits per heavy atom. The van der Waals surface area contributed by atoms with Crippen LogP contribution in [0.15, 0.2) is 18.2 Å². The Morgan fingerprint density at radius 2 is 2.05 bits per heavy atom. The second kappa shape index (κ2) is 5.51. The van der Waals surface area contributed by atoms with Crippen molar-refractivity contribution in [2.24, 2.45) is 0 Å². The van der Waals surface area contributed by atoms with Gasteiger partial charge in [-0.2, -0.15) is 0 Å². The van der Waals surface area contributed by atoms with Crippen LogP contribution < -0.4 is 10.1 Å². The van der Waals surface area contributed by atoms with Gasteiger partial charge in [-0.1, -0.05) is 6.07 Å². The number of likely N-dealkylation sites (N-methyl/N-ethyl adjacent to an activating group) is 1. The first kappa shape index (κ1) is 12.9. The number of hydrogen-bond acceptors (Lipinski definition) is 3. The molecule has 2 aliphatic rings. The summed E-state index contributed by atoms with van der Waals surface area (Å²) in [5.41, 5.74) is 2.92. The number of nitrogens with one attached hydrogen (secondary N) is 1. The third-order valence-corrected chi connectivity index (χ3v) is 4.70. The van der Waals surface area contributed by atoms with Gasteiger partial charge in [-0.05, 0) is 69.1 Å². The highest BCUT2D eigenvalue weighted by Gasteiger charge is 2.33. The highest BCUT2D eigenvalue weighted by molar-refractivity contribution is 5.40. The van der Waals surface area contributed by atoms with Crippen LogP contribution in [-0.4, -0.2) is 38.2 Å². The molecule has 3 nitrogen and oxygen atoms in total. The molecule has 0 unspecified atom stereocenters. The summed E-state index contributed by atoms with van der Waals surface area (Å²) in [6.07, 6.45) is 5.16. The van der Waals surface area contributed by atoms with Gasteiger partial charge in [0.15, 0.2) is 0 Å². The standard InChI is InChI=1S/C16H24N2O/c1-17-16-14-7-6-13(19-2)11-12(14)5-8-15(16)18-9-3-4-10-18/h6-7,11,15-17H,3-5,8-10H2,1-2H3/t15-,16-/m0/s1. The minimum Gasteiger partial charge on any atom is -0.497 e. The van der Waals surface area contributed by atoms with Crippen molar-refractivity contribution in [2.45, 2.75) is 37.8 Å². The fraction of sp³-hybridized carbons (Fsp3) is 0.625. The number of rotatable bonds is 3. The smallest absolute Gasteiger partial charge is 0.119 e. The third kappa shape index (κ3) is 2.37. The lowest BCUT2D eigenvalue weighted by atomic mass is 9.83. The van der Waals surface area contributed by atoms with E-state index in [4.69, 9.17) is 4.74 Å². The Hall–Kier alpha value is -1.06. The molecule has 0 spiro atoms. The van der Waals surface area contributed by atoms with Crippen LogP contribution in [0.25, 0.3) is 0 Å². The van der Waals surface area contributed by atoms with Gasteiger partial charge in [-0.25, -0.2) is 0 Å². The van der Waals surface area contributed by atoms with Crippen LogP contribution in [0.3, 0.4) is 0 Å². The minimum absolute atomic E-state index is 0.466. The number of fused-ring (bicyclic) bond motifs is 1. The zero-order valence-corrected chi connectivity index (χ0v) is 12.0. The monoisotopic (exact) mass is 260 g/mol. The molecule has 1 heterocycles. The Balaban J connectivity index is 1.88. The van der Waals surface area contributed by atoms with Crippen molar-refractivity contribution in [2.75, 3.05) is 27.2 Å². The van der Waals surface area contributed by atoms with E-state index in [2.05, 4.69) is 35.5 Å². The highest BCUT2D eigenvalue weighted by atomic mass is 16.5. The molecule has 1 fully saturated rings. The SMILES string of the molecule is CN[C@H]1c2ccc(OC)cc2CC[C@@H]1N1CCCC1. The van der Waals surface area contributed by atoms with Crippen molar-refractivity contribution in [1.29, 1.82) is 0 Å². The highest BCUT2D eigenvalue weighted by Crippen LogP contribution is 2.35. The quantitative estimate of drug-likeness (QED) is 0.903. The molecule has 2 atom stereocenters. The molecular weight excluding hydrogens is 236 g/mol. The molecular formula is C16H24N2O. The topological polar surface area (TPSA) is 24.5 Å². The van der Waals surface area contributed by atoms with E-state index in [1.165, 1.54) is 49.9 Å². The number of ether oxygens (including phenoxy) is 1. The summed E-state index contributed by atoms with van der Waals surface area (Å²) in [6, 6.07) is 7.67. The lowest BCUT2D eigenvalue weighted by Gasteiger charge is -2.39. The number of methoxy groups -OCH3 is 1. The molecule has 0 saturated carbocycles. The number of nitrogens with zero attached hydrogens (tertiary/aromatic N) is 1. The predicted molar refractivity (Wildman–Crippen MR) is 77.7 cm³/mol. The zero-order chi connectivity index (χ0) is 13.2. The molecule has 1 saturated heterocycles. The summed E-state index contributed by atoms with van der Waals surface area (Å²) in [4.78, 5) is 2.67.